The van der Waals surface area contributed by atoms with Crippen molar-refractivity contribution in [2.45, 2.75) is 76.1 Å². The number of rotatable bonds is 1. The molecule has 0 aromatic heterocycles. The Labute approximate surface area is 260 Å². The molecule has 43 heavy (non-hydrogen) atoms. The summed E-state index contributed by atoms with van der Waals surface area (Å²) in [5, 5.41) is 11.3. The van der Waals surface area contributed by atoms with Crippen molar-refractivity contribution in [3.8, 4) is 5.75 Å². The number of amides is 1. The van der Waals surface area contributed by atoms with Crippen LogP contribution in [0.15, 0.2) is 48.6 Å². The summed E-state index contributed by atoms with van der Waals surface area (Å²) in [6.45, 7) is 7.62. The van der Waals surface area contributed by atoms with Crippen molar-refractivity contribution in [3.05, 3.63) is 70.3 Å². The highest BCUT2D eigenvalue weighted by atomic mass is 35.5. The van der Waals surface area contributed by atoms with E-state index in [1.165, 1.54) is 11.1 Å². The van der Waals surface area contributed by atoms with E-state index in [2.05, 4.69) is 21.8 Å². The van der Waals surface area contributed by atoms with Gasteiger partial charge in [0, 0.05) is 29.1 Å². The van der Waals surface area contributed by atoms with Crippen LogP contribution >= 0.6 is 11.6 Å². The van der Waals surface area contributed by atoms with E-state index in [1.807, 2.05) is 39.0 Å². The largest absolute Gasteiger partial charge is 0.490 e. The lowest BCUT2D eigenvalue weighted by Crippen LogP contribution is -2.49. The van der Waals surface area contributed by atoms with Crippen molar-refractivity contribution in [3.63, 3.8) is 0 Å². The number of ether oxygens (including phenoxy) is 1. The monoisotopic (exact) mass is 626 g/mol. The molecule has 2 aromatic rings. The number of nitrogens with zero attached hydrogens (tertiary/aromatic N) is 1. The van der Waals surface area contributed by atoms with Crippen LogP contribution in [-0.4, -0.2) is 50.5 Å². The number of hydrogen-bond acceptors (Lipinski definition) is 6. The van der Waals surface area contributed by atoms with Crippen LogP contribution < -0.4 is 14.4 Å². The van der Waals surface area contributed by atoms with Gasteiger partial charge in [0.25, 0.3) is 5.91 Å². The van der Waals surface area contributed by atoms with Crippen molar-refractivity contribution >= 4 is 33.2 Å². The molecule has 0 saturated heterocycles. The predicted octanol–water partition coefficient (Wildman–Crippen LogP) is 5.88. The molecule has 1 spiro atoms. The van der Waals surface area contributed by atoms with Crippen molar-refractivity contribution in [1.29, 1.82) is 0 Å². The summed E-state index contributed by atoms with van der Waals surface area (Å²) in [5.41, 5.74) is 3.33. The highest BCUT2D eigenvalue weighted by Crippen LogP contribution is 2.47. The zero-order valence-corrected chi connectivity index (χ0v) is 26.8. The second-order valence-corrected chi connectivity index (χ2v) is 15.6. The lowest BCUT2D eigenvalue weighted by atomic mass is 9.68. The number of hydrogen-bond donors (Lipinski definition) is 2. The van der Waals surface area contributed by atoms with E-state index in [4.69, 9.17) is 16.3 Å². The van der Waals surface area contributed by atoms with Gasteiger partial charge < -0.3 is 14.7 Å². The van der Waals surface area contributed by atoms with Crippen LogP contribution in [0.2, 0.25) is 5.02 Å². The zero-order chi connectivity index (χ0) is 30.5. The maximum atomic E-state index is 13.5. The molecule has 9 heteroatoms. The molecule has 2 bridgehead atoms. The van der Waals surface area contributed by atoms with Gasteiger partial charge in [0.05, 0.1) is 23.6 Å². The van der Waals surface area contributed by atoms with Crippen LogP contribution in [0, 0.1) is 23.7 Å². The average Bonchev–Trinajstić information content (AvgIpc) is 3.10. The number of fused-ring (bicyclic) bond motifs is 4. The van der Waals surface area contributed by atoms with E-state index in [0.717, 1.165) is 42.8 Å². The summed E-state index contributed by atoms with van der Waals surface area (Å²) >= 11 is 6.40. The molecule has 7 atom stereocenters. The van der Waals surface area contributed by atoms with Crippen LogP contribution in [0.25, 0.3) is 0 Å². The molecule has 2 heterocycles. The Bertz CT molecular complexity index is 1530. The van der Waals surface area contributed by atoms with Gasteiger partial charge >= 0.3 is 0 Å². The van der Waals surface area contributed by atoms with Gasteiger partial charge in [-0.1, -0.05) is 50.6 Å². The van der Waals surface area contributed by atoms with Gasteiger partial charge in [-0.2, -0.15) is 0 Å². The van der Waals surface area contributed by atoms with E-state index in [9.17, 15) is 18.3 Å². The molecule has 2 aromatic carbocycles. The van der Waals surface area contributed by atoms with Gasteiger partial charge in [0.1, 0.15) is 5.75 Å². The maximum absolute atomic E-state index is 13.5. The maximum Gasteiger partial charge on any atom is 0.264 e. The molecule has 6 rings (SSSR count). The van der Waals surface area contributed by atoms with E-state index < -0.39 is 27.3 Å². The SMILES string of the molecule is CC[C@H]1[C@H](C)[C@@H](C)/C=C/[C@H](O)[C@@H]2CC[C@H]2CN2C[C@@]3(CCCc4cc(Cl)ccc43)COc3ccc(cc32)C(=O)NS1(=O)=O. The minimum absolute atomic E-state index is 0.0916. The third-order valence-corrected chi connectivity index (χ3v) is 13.0. The lowest BCUT2D eigenvalue weighted by Gasteiger charge is -2.45. The fourth-order valence-corrected chi connectivity index (χ4v) is 9.87. The van der Waals surface area contributed by atoms with Gasteiger partial charge in [0.2, 0.25) is 10.0 Å². The van der Waals surface area contributed by atoms with Gasteiger partial charge in [-0.3, -0.25) is 4.79 Å². The first-order valence-corrected chi connectivity index (χ1v) is 17.7. The number of nitrogens with one attached hydrogen (secondary N) is 1. The van der Waals surface area contributed by atoms with E-state index in [-0.39, 0.29) is 34.7 Å². The average molecular weight is 627 g/mol. The van der Waals surface area contributed by atoms with Gasteiger partial charge in [0.15, 0.2) is 0 Å². The fraction of sp³-hybridized carbons (Fsp3) is 0.559. The molecule has 2 aliphatic heterocycles. The molecule has 1 saturated carbocycles. The molecule has 0 unspecified atom stereocenters. The van der Waals surface area contributed by atoms with Crippen LogP contribution in [-0.2, 0) is 21.9 Å². The number of halogens is 1. The molecule has 2 aliphatic carbocycles. The summed E-state index contributed by atoms with van der Waals surface area (Å²) in [5.74, 6) is 0.110. The quantitative estimate of drug-likeness (QED) is 0.384. The summed E-state index contributed by atoms with van der Waals surface area (Å²) in [4.78, 5) is 15.8. The first-order valence-electron chi connectivity index (χ1n) is 15.7. The molecule has 2 N–H and O–H groups in total. The van der Waals surface area contributed by atoms with Crippen molar-refractivity contribution in [2.75, 3.05) is 24.6 Å². The Morgan fingerprint density at radius 3 is 2.70 bits per heavy atom. The van der Waals surface area contributed by atoms with E-state index in [0.29, 0.717) is 31.9 Å². The minimum Gasteiger partial charge on any atom is -0.490 e. The smallest absolute Gasteiger partial charge is 0.264 e. The summed E-state index contributed by atoms with van der Waals surface area (Å²) in [6, 6.07) is 11.4. The molecular weight excluding hydrogens is 584 g/mol. The molecule has 1 fully saturated rings. The third kappa shape index (κ3) is 5.71. The van der Waals surface area contributed by atoms with Gasteiger partial charge in [-0.25, -0.2) is 13.1 Å². The molecule has 0 radical (unpaired) electrons. The van der Waals surface area contributed by atoms with Crippen LogP contribution in [0.4, 0.5) is 5.69 Å². The van der Waals surface area contributed by atoms with Crippen LogP contribution in [0.1, 0.15) is 74.4 Å². The fourth-order valence-electron chi connectivity index (χ4n) is 7.89. The Kier molecular flexibility index (Phi) is 8.33. The molecule has 7 nitrogen and oxygen atoms in total. The number of anilines is 1. The standard InChI is InChI=1S/C34H43ClN2O5S/c1-4-32-22(3)21(2)7-13-30(38)27-11-8-25(27)18-37-19-34(15-5-6-23-16-26(35)10-12-28(23)34)20-42-31-14-9-24(17-29(31)37)33(39)36-43(32,40)41/h7,9-10,12-14,16-17,21-22,25,27,30,32,38H,4-6,8,11,15,18-20H2,1-3H3,(H,36,39)/b13-7+/t21-,22+,25-,27+,30-,32-,34-/m0/s1. The first-order chi connectivity index (χ1) is 20.5. The topological polar surface area (TPSA) is 95.9 Å². The number of sulfonamides is 1. The van der Waals surface area contributed by atoms with E-state index in [1.54, 1.807) is 18.2 Å². The molecule has 1 amide bonds. The Balaban J connectivity index is 1.43. The molecule has 232 valence electrons. The third-order valence-electron chi connectivity index (χ3n) is 10.7. The number of aliphatic hydroxyl groups excluding tert-OH is 1. The van der Waals surface area contributed by atoms with Gasteiger partial charge in [-0.15, -0.1) is 0 Å². The number of carbonyl (C=O) groups is 1. The Hall–Kier alpha value is -2.55. The van der Waals surface area contributed by atoms with Crippen molar-refractivity contribution < 1.29 is 23.1 Å². The number of allylic oxidation sites excluding steroid dienone is 1. The van der Waals surface area contributed by atoms with Crippen LogP contribution in [0.5, 0.6) is 5.75 Å². The lowest BCUT2D eigenvalue weighted by molar-refractivity contribution is 0.0453. The number of aliphatic hydroxyl groups is 1. The van der Waals surface area contributed by atoms with Crippen LogP contribution in [0.3, 0.4) is 0 Å². The second-order valence-electron chi connectivity index (χ2n) is 13.3. The number of carbonyl (C=O) groups excluding carboxylic acids is 1. The van der Waals surface area contributed by atoms with Crippen molar-refractivity contribution in [1.82, 2.24) is 4.72 Å². The second kappa shape index (κ2) is 11.8. The minimum atomic E-state index is -3.96. The number of aryl methyl sites for hydroxylation is 1. The Morgan fingerprint density at radius 2 is 1.95 bits per heavy atom. The highest BCUT2D eigenvalue weighted by molar-refractivity contribution is 7.90. The summed E-state index contributed by atoms with van der Waals surface area (Å²) in [7, 11) is -3.96. The summed E-state index contributed by atoms with van der Waals surface area (Å²) in [6.07, 6.45) is 8.51. The van der Waals surface area contributed by atoms with Crippen molar-refractivity contribution in [2.24, 2.45) is 23.7 Å². The first kappa shape index (κ1) is 30.5. The number of benzene rings is 2. The Morgan fingerprint density at radius 1 is 1.14 bits per heavy atom. The zero-order valence-electron chi connectivity index (χ0n) is 25.3. The van der Waals surface area contributed by atoms with Gasteiger partial charge in [-0.05, 0) is 104 Å². The molecule has 4 aliphatic rings. The van der Waals surface area contributed by atoms with E-state index >= 15 is 0 Å². The normalized spacial score (nSPS) is 34.5. The predicted molar refractivity (Wildman–Crippen MR) is 170 cm³/mol. The summed E-state index contributed by atoms with van der Waals surface area (Å²) < 4.78 is 35.9. The highest BCUT2D eigenvalue weighted by Gasteiger charge is 2.44. The molecular formula is C34H43ClN2O5S.